The molecular weight excluding hydrogens is 390 g/mol. The second-order valence-electron chi connectivity index (χ2n) is 8.20. The minimum Gasteiger partial charge on any atom is -0.459 e. The summed E-state index contributed by atoms with van der Waals surface area (Å²) in [6.07, 6.45) is 3.97. The highest BCUT2D eigenvalue weighted by Gasteiger charge is 2.27. The zero-order valence-electron chi connectivity index (χ0n) is 18.4. The van der Waals surface area contributed by atoms with Gasteiger partial charge in [0.1, 0.15) is 0 Å². The van der Waals surface area contributed by atoms with Gasteiger partial charge in [0, 0.05) is 45.3 Å². The Hall–Kier alpha value is -2.80. The van der Waals surface area contributed by atoms with Gasteiger partial charge in [0.15, 0.2) is 11.7 Å². The standard InChI is InChI=1S/C24H33N5O2/c1-2-25-24(28-15-13-27(14-16-28)23(30)22-11-7-17-31-22)26-18-21-10-6-12-29(21)19-20-8-4-3-5-9-20/h3-5,7-9,11,17,21H,2,6,10,12-16,18-19H2,1H3,(H,25,26). The van der Waals surface area contributed by atoms with Crippen molar-refractivity contribution in [3.63, 3.8) is 0 Å². The van der Waals surface area contributed by atoms with E-state index in [9.17, 15) is 4.79 Å². The molecular formula is C24H33N5O2. The van der Waals surface area contributed by atoms with E-state index in [1.807, 2.05) is 4.90 Å². The second kappa shape index (κ2) is 10.5. The number of likely N-dealkylation sites (tertiary alicyclic amines) is 1. The molecule has 2 aromatic rings. The van der Waals surface area contributed by atoms with Gasteiger partial charge >= 0.3 is 0 Å². The lowest BCUT2D eigenvalue weighted by Gasteiger charge is -2.36. The van der Waals surface area contributed by atoms with Crippen LogP contribution in [0.5, 0.6) is 0 Å². The number of carbonyl (C=O) groups is 1. The van der Waals surface area contributed by atoms with E-state index >= 15 is 0 Å². The fourth-order valence-electron chi connectivity index (χ4n) is 4.42. The van der Waals surface area contributed by atoms with Crippen LogP contribution in [0.2, 0.25) is 0 Å². The molecule has 3 heterocycles. The third-order valence-electron chi connectivity index (χ3n) is 6.11. The average molecular weight is 424 g/mol. The van der Waals surface area contributed by atoms with Crippen molar-refractivity contribution in [3.8, 4) is 0 Å². The smallest absolute Gasteiger partial charge is 0.289 e. The Balaban J connectivity index is 1.33. The molecule has 0 spiro atoms. The number of carbonyl (C=O) groups excluding carboxylic acids is 1. The molecule has 1 unspecified atom stereocenters. The summed E-state index contributed by atoms with van der Waals surface area (Å²) in [7, 11) is 0. The second-order valence-corrected chi connectivity index (χ2v) is 8.20. The number of amides is 1. The minimum atomic E-state index is -0.0332. The number of benzene rings is 1. The summed E-state index contributed by atoms with van der Waals surface area (Å²) in [6, 6.07) is 14.6. The summed E-state index contributed by atoms with van der Waals surface area (Å²) >= 11 is 0. The van der Waals surface area contributed by atoms with Crippen molar-refractivity contribution >= 4 is 11.9 Å². The normalized spacial score (nSPS) is 20.3. The highest BCUT2D eigenvalue weighted by molar-refractivity contribution is 5.91. The van der Waals surface area contributed by atoms with Crippen LogP contribution in [0.25, 0.3) is 0 Å². The molecule has 166 valence electrons. The third kappa shape index (κ3) is 5.47. The molecule has 0 saturated carbocycles. The first-order valence-electron chi connectivity index (χ1n) is 11.4. The number of furan rings is 1. The fourth-order valence-corrected chi connectivity index (χ4v) is 4.42. The number of hydrogen-bond acceptors (Lipinski definition) is 4. The van der Waals surface area contributed by atoms with Crippen molar-refractivity contribution in [3.05, 3.63) is 60.1 Å². The van der Waals surface area contributed by atoms with Gasteiger partial charge in [-0.2, -0.15) is 0 Å². The van der Waals surface area contributed by atoms with Crippen LogP contribution in [-0.2, 0) is 6.54 Å². The van der Waals surface area contributed by atoms with Gasteiger partial charge in [0.2, 0.25) is 0 Å². The maximum absolute atomic E-state index is 12.5. The highest BCUT2D eigenvalue weighted by atomic mass is 16.3. The zero-order valence-corrected chi connectivity index (χ0v) is 18.4. The predicted molar refractivity (Wildman–Crippen MR) is 122 cm³/mol. The largest absolute Gasteiger partial charge is 0.459 e. The van der Waals surface area contributed by atoms with Crippen molar-refractivity contribution in [2.45, 2.75) is 32.4 Å². The van der Waals surface area contributed by atoms with Gasteiger partial charge in [-0.05, 0) is 44.0 Å². The maximum Gasteiger partial charge on any atom is 0.289 e. The average Bonchev–Trinajstić information content (AvgIpc) is 3.50. The Morgan fingerprint density at radius 3 is 2.55 bits per heavy atom. The lowest BCUT2D eigenvalue weighted by atomic mass is 10.2. The molecule has 0 aliphatic carbocycles. The Kier molecular flexibility index (Phi) is 7.25. The molecule has 7 nitrogen and oxygen atoms in total. The van der Waals surface area contributed by atoms with Gasteiger partial charge in [-0.25, -0.2) is 0 Å². The van der Waals surface area contributed by atoms with Crippen molar-refractivity contribution < 1.29 is 9.21 Å². The van der Waals surface area contributed by atoms with Crippen LogP contribution in [0, 0.1) is 0 Å². The molecule has 31 heavy (non-hydrogen) atoms. The zero-order chi connectivity index (χ0) is 21.5. The summed E-state index contributed by atoms with van der Waals surface area (Å²) in [6.45, 7) is 8.77. The molecule has 1 aromatic heterocycles. The summed E-state index contributed by atoms with van der Waals surface area (Å²) in [5.74, 6) is 1.34. The van der Waals surface area contributed by atoms with Gasteiger partial charge in [0.05, 0.1) is 12.8 Å². The van der Waals surface area contributed by atoms with Gasteiger partial charge in [-0.15, -0.1) is 0 Å². The lowest BCUT2D eigenvalue weighted by Crippen LogP contribution is -2.54. The first kappa shape index (κ1) is 21.4. The molecule has 0 bridgehead atoms. The third-order valence-corrected chi connectivity index (χ3v) is 6.11. The quantitative estimate of drug-likeness (QED) is 0.572. The van der Waals surface area contributed by atoms with E-state index in [0.29, 0.717) is 24.9 Å². The highest BCUT2D eigenvalue weighted by Crippen LogP contribution is 2.20. The topological polar surface area (TPSA) is 64.3 Å². The fraction of sp³-hybridized carbons (Fsp3) is 0.500. The molecule has 1 aromatic carbocycles. The molecule has 2 aliphatic rings. The molecule has 2 aliphatic heterocycles. The van der Waals surface area contributed by atoms with Crippen molar-refractivity contribution in [2.24, 2.45) is 4.99 Å². The van der Waals surface area contributed by atoms with Crippen LogP contribution in [0.3, 0.4) is 0 Å². The van der Waals surface area contributed by atoms with Crippen LogP contribution >= 0.6 is 0 Å². The monoisotopic (exact) mass is 423 g/mol. The summed E-state index contributed by atoms with van der Waals surface area (Å²) in [5, 5.41) is 3.45. The molecule has 1 atom stereocenters. The maximum atomic E-state index is 12.5. The molecule has 2 fully saturated rings. The van der Waals surface area contributed by atoms with E-state index in [1.54, 1.807) is 18.4 Å². The molecule has 2 saturated heterocycles. The van der Waals surface area contributed by atoms with Gasteiger partial charge in [0.25, 0.3) is 5.91 Å². The number of rotatable bonds is 6. The van der Waals surface area contributed by atoms with Crippen LogP contribution in [-0.4, -0.2) is 78.4 Å². The summed E-state index contributed by atoms with van der Waals surface area (Å²) in [4.78, 5) is 24.2. The molecule has 0 radical (unpaired) electrons. The van der Waals surface area contributed by atoms with Gasteiger partial charge < -0.3 is 19.5 Å². The Morgan fingerprint density at radius 2 is 1.84 bits per heavy atom. The summed E-state index contributed by atoms with van der Waals surface area (Å²) < 4.78 is 5.26. The Bertz CT molecular complexity index is 844. The van der Waals surface area contributed by atoms with Crippen LogP contribution < -0.4 is 5.32 Å². The van der Waals surface area contributed by atoms with Gasteiger partial charge in [-0.3, -0.25) is 14.7 Å². The predicted octanol–water partition coefficient (Wildman–Crippen LogP) is 2.67. The van der Waals surface area contributed by atoms with Crippen LogP contribution in [0.15, 0.2) is 58.1 Å². The molecule has 4 rings (SSSR count). The number of aliphatic imine (C=N–C) groups is 1. The number of piperazine rings is 1. The Labute approximate surface area is 184 Å². The van der Waals surface area contributed by atoms with Crippen LogP contribution in [0.4, 0.5) is 0 Å². The number of nitrogens with zero attached hydrogens (tertiary/aromatic N) is 4. The molecule has 1 amide bonds. The number of guanidine groups is 1. The molecule has 7 heteroatoms. The molecule has 1 N–H and O–H groups in total. The number of nitrogens with one attached hydrogen (secondary N) is 1. The minimum absolute atomic E-state index is 0.0332. The summed E-state index contributed by atoms with van der Waals surface area (Å²) in [5.41, 5.74) is 1.36. The van der Waals surface area contributed by atoms with E-state index < -0.39 is 0 Å². The van der Waals surface area contributed by atoms with E-state index in [-0.39, 0.29) is 5.91 Å². The lowest BCUT2D eigenvalue weighted by molar-refractivity contribution is 0.0657. The van der Waals surface area contributed by atoms with E-state index in [4.69, 9.17) is 9.41 Å². The number of hydrogen-bond donors (Lipinski definition) is 1. The van der Waals surface area contributed by atoms with Gasteiger partial charge in [-0.1, -0.05) is 30.3 Å². The van der Waals surface area contributed by atoms with E-state index in [1.165, 1.54) is 18.4 Å². The van der Waals surface area contributed by atoms with E-state index in [0.717, 1.165) is 45.2 Å². The Morgan fingerprint density at radius 1 is 1.06 bits per heavy atom. The first-order chi connectivity index (χ1) is 15.2. The van der Waals surface area contributed by atoms with E-state index in [2.05, 4.69) is 52.4 Å². The first-order valence-corrected chi connectivity index (χ1v) is 11.4. The van der Waals surface area contributed by atoms with Crippen molar-refractivity contribution in [2.75, 3.05) is 45.8 Å². The van der Waals surface area contributed by atoms with Crippen LogP contribution in [0.1, 0.15) is 35.9 Å². The SMILES string of the molecule is CCNC(=NCC1CCCN1Cc1ccccc1)N1CCN(C(=O)c2ccco2)CC1. The van der Waals surface area contributed by atoms with Crippen molar-refractivity contribution in [1.82, 2.24) is 20.0 Å². The van der Waals surface area contributed by atoms with Crippen molar-refractivity contribution in [1.29, 1.82) is 0 Å².